The van der Waals surface area contributed by atoms with E-state index in [2.05, 4.69) is 20.7 Å². The molecule has 0 radical (unpaired) electrons. The highest BCUT2D eigenvalue weighted by Crippen LogP contribution is 2.27. The van der Waals surface area contributed by atoms with Gasteiger partial charge >= 0.3 is 12.1 Å². The second kappa shape index (κ2) is 12.2. The molecular weight excluding hydrogens is 529 g/mol. The van der Waals surface area contributed by atoms with E-state index in [0.717, 1.165) is 0 Å². The van der Waals surface area contributed by atoms with Crippen molar-refractivity contribution < 1.29 is 28.2 Å². The Labute approximate surface area is 236 Å². The summed E-state index contributed by atoms with van der Waals surface area (Å²) >= 11 is 0. The molecule has 0 aliphatic rings. The average molecular weight is 562 g/mol. The lowest BCUT2D eigenvalue weighted by molar-refractivity contribution is -0.142. The Balaban J connectivity index is 1.66. The van der Waals surface area contributed by atoms with Crippen LogP contribution in [-0.2, 0) is 20.7 Å². The Morgan fingerprint density at radius 3 is 2.54 bits per heavy atom. The third-order valence-corrected chi connectivity index (χ3v) is 5.98. The number of esters is 1. The lowest BCUT2D eigenvalue weighted by Gasteiger charge is -2.22. The fourth-order valence-electron chi connectivity index (χ4n) is 4.18. The molecule has 2 aromatic carbocycles. The summed E-state index contributed by atoms with van der Waals surface area (Å²) in [5, 5.41) is 9.87. The van der Waals surface area contributed by atoms with Gasteiger partial charge in [-0.2, -0.15) is 0 Å². The lowest BCUT2D eigenvalue weighted by atomic mass is 10.0. The van der Waals surface area contributed by atoms with Crippen LogP contribution in [0.4, 0.5) is 14.9 Å². The second-order valence-electron chi connectivity index (χ2n) is 10.3. The van der Waals surface area contributed by atoms with E-state index in [4.69, 9.17) is 9.47 Å². The van der Waals surface area contributed by atoms with Crippen molar-refractivity contribution >= 4 is 29.2 Å². The van der Waals surface area contributed by atoms with Gasteiger partial charge in [-0.3, -0.25) is 9.59 Å². The molecule has 0 aliphatic carbocycles. The number of carbonyl (C=O) groups excluding carboxylic acids is 3. The number of aromatic nitrogens is 3. The van der Waals surface area contributed by atoms with E-state index < -0.39 is 35.4 Å². The van der Waals surface area contributed by atoms with Gasteiger partial charge in [-0.1, -0.05) is 30.3 Å². The van der Waals surface area contributed by atoms with Crippen molar-refractivity contribution in [2.45, 2.75) is 52.7 Å². The number of benzene rings is 2. The number of carbonyl (C=O) groups is 3. The van der Waals surface area contributed by atoms with Crippen LogP contribution in [0.1, 0.15) is 62.3 Å². The number of nitrogens with zero attached hydrogens (tertiary/aromatic N) is 3. The van der Waals surface area contributed by atoms with E-state index in [-0.39, 0.29) is 35.7 Å². The van der Waals surface area contributed by atoms with Crippen molar-refractivity contribution in [2.24, 2.45) is 0 Å². The van der Waals surface area contributed by atoms with E-state index in [0.29, 0.717) is 16.8 Å². The quantitative estimate of drug-likeness (QED) is 0.273. The van der Waals surface area contributed by atoms with E-state index >= 15 is 4.39 Å². The van der Waals surface area contributed by atoms with Crippen LogP contribution in [0.3, 0.4) is 0 Å². The molecule has 0 spiro atoms. The van der Waals surface area contributed by atoms with Gasteiger partial charge in [0.15, 0.2) is 11.5 Å². The molecule has 2 aromatic heterocycles. The van der Waals surface area contributed by atoms with E-state index in [9.17, 15) is 14.4 Å². The van der Waals surface area contributed by atoms with Crippen LogP contribution in [0.2, 0.25) is 0 Å². The van der Waals surface area contributed by atoms with E-state index in [1.807, 2.05) is 0 Å². The molecule has 41 heavy (non-hydrogen) atoms. The minimum Gasteiger partial charge on any atom is -0.466 e. The highest BCUT2D eigenvalue weighted by atomic mass is 19.1. The first kappa shape index (κ1) is 29.2. The van der Waals surface area contributed by atoms with Gasteiger partial charge in [-0.25, -0.2) is 18.7 Å². The zero-order valence-corrected chi connectivity index (χ0v) is 23.5. The van der Waals surface area contributed by atoms with Gasteiger partial charge in [-0.05, 0) is 64.4 Å². The number of rotatable bonds is 8. The molecule has 2 heterocycles. The minimum atomic E-state index is -0.723. The smallest absolute Gasteiger partial charge is 0.408 e. The van der Waals surface area contributed by atoms with Crippen molar-refractivity contribution in [3.05, 3.63) is 83.4 Å². The maximum absolute atomic E-state index is 15.8. The molecule has 4 aromatic rings. The zero-order chi connectivity index (χ0) is 29.7. The van der Waals surface area contributed by atoms with E-state index in [1.54, 1.807) is 89.3 Å². The van der Waals surface area contributed by atoms with Gasteiger partial charge in [0.1, 0.15) is 11.4 Å². The van der Waals surface area contributed by atoms with Crippen LogP contribution in [0.5, 0.6) is 0 Å². The largest absolute Gasteiger partial charge is 0.466 e. The summed E-state index contributed by atoms with van der Waals surface area (Å²) in [6, 6.07) is 14.2. The highest BCUT2D eigenvalue weighted by molar-refractivity contribution is 6.08. The van der Waals surface area contributed by atoms with Crippen molar-refractivity contribution in [3.63, 3.8) is 0 Å². The maximum Gasteiger partial charge on any atom is 0.408 e. The Hall–Kier alpha value is -4.80. The molecule has 4 rings (SSSR count). The summed E-state index contributed by atoms with van der Waals surface area (Å²) in [7, 11) is 0. The standard InChI is InChI=1S/C30H32FN5O5/c1-6-40-24(37)17-19-11-7-8-14-22(19)33-28(38)26-23-15-10-16-36(23)35-27(34-26)21-13-9-12-20(25(21)31)18(2)32-29(39)41-30(3,4)5/h7-16,18H,6,17H2,1-5H3,(H,32,39)(H,33,38). The number of hydrogen-bond acceptors (Lipinski definition) is 7. The number of nitrogens with one attached hydrogen (secondary N) is 2. The minimum absolute atomic E-state index is 0.00988. The topological polar surface area (TPSA) is 124 Å². The molecule has 1 unspecified atom stereocenters. The molecule has 0 aliphatic heterocycles. The Kier molecular flexibility index (Phi) is 8.65. The Morgan fingerprint density at radius 2 is 1.80 bits per heavy atom. The average Bonchev–Trinajstić information content (AvgIpc) is 3.37. The number of halogens is 1. The number of hydrogen-bond donors (Lipinski definition) is 2. The van der Waals surface area contributed by atoms with Gasteiger partial charge in [-0.15, -0.1) is 5.10 Å². The van der Waals surface area contributed by atoms with Gasteiger partial charge in [0, 0.05) is 17.4 Å². The molecule has 11 heteroatoms. The molecule has 0 saturated heterocycles. The third kappa shape index (κ3) is 7.05. The fourth-order valence-corrected chi connectivity index (χ4v) is 4.18. The van der Waals surface area contributed by atoms with Crippen molar-refractivity contribution in [1.82, 2.24) is 19.9 Å². The number of para-hydroxylation sites is 1. The Morgan fingerprint density at radius 1 is 1.05 bits per heavy atom. The molecule has 0 saturated carbocycles. The normalized spacial score (nSPS) is 12.0. The molecular formula is C30H32FN5O5. The van der Waals surface area contributed by atoms with Crippen molar-refractivity contribution in [3.8, 4) is 11.4 Å². The first-order valence-electron chi connectivity index (χ1n) is 13.2. The summed E-state index contributed by atoms with van der Waals surface area (Å²) in [6.45, 7) is 8.81. The van der Waals surface area contributed by atoms with Gasteiger partial charge < -0.3 is 20.1 Å². The monoisotopic (exact) mass is 561 g/mol. The molecule has 0 bridgehead atoms. The Bertz CT molecular complexity index is 1590. The van der Waals surface area contributed by atoms with Crippen molar-refractivity contribution in [2.75, 3.05) is 11.9 Å². The summed E-state index contributed by atoms with van der Waals surface area (Å²) in [5.74, 6) is -1.65. The van der Waals surface area contributed by atoms with Gasteiger partial charge in [0.25, 0.3) is 5.91 Å². The SMILES string of the molecule is CCOC(=O)Cc1ccccc1NC(=O)c1nc(-c2cccc(C(C)NC(=O)OC(C)(C)C)c2F)nn2cccc12. The highest BCUT2D eigenvalue weighted by Gasteiger charge is 2.24. The molecule has 10 nitrogen and oxygen atoms in total. The summed E-state index contributed by atoms with van der Waals surface area (Å²) in [4.78, 5) is 42.2. The third-order valence-electron chi connectivity index (χ3n) is 5.98. The molecule has 2 N–H and O–H groups in total. The van der Waals surface area contributed by atoms with Crippen LogP contribution in [-0.4, -0.2) is 44.8 Å². The lowest BCUT2D eigenvalue weighted by Crippen LogP contribution is -2.34. The number of ether oxygens (including phenoxy) is 2. The van der Waals surface area contributed by atoms with Crippen LogP contribution in [0, 0.1) is 5.82 Å². The van der Waals surface area contributed by atoms with Crippen LogP contribution in [0.25, 0.3) is 16.9 Å². The number of amides is 2. The molecule has 214 valence electrons. The van der Waals surface area contributed by atoms with Crippen LogP contribution in [0.15, 0.2) is 60.8 Å². The molecule has 2 amide bonds. The summed E-state index contributed by atoms with van der Waals surface area (Å²) in [6.07, 6.45) is 0.926. The predicted molar refractivity (Wildman–Crippen MR) is 151 cm³/mol. The zero-order valence-electron chi connectivity index (χ0n) is 23.5. The van der Waals surface area contributed by atoms with Crippen LogP contribution < -0.4 is 10.6 Å². The van der Waals surface area contributed by atoms with Crippen molar-refractivity contribution in [1.29, 1.82) is 0 Å². The number of fused-ring (bicyclic) bond motifs is 1. The fraction of sp³-hybridized carbons (Fsp3) is 0.300. The first-order chi connectivity index (χ1) is 19.5. The summed E-state index contributed by atoms with van der Waals surface area (Å²) in [5.41, 5.74) is 0.953. The second-order valence-corrected chi connectivity index (χ2v) is 10.3. The molecule has 0 fully saturated rings. The number of anilines is 1. The maximum atomic E-state index is 15.8. The number of alkyl carbamates (subject to hydrolysis) is 1. The first-order valence-corrected chi connectivity index (χ1v) is 13.2. The van der Waals surface area contributed by atoms with Gasteiger partial charge in [0.05, 0.1) is 30.1 Å². The predicted octanol–water partition coefficient (Wildman–Crippen LogP) is 5.48. The van der Waals surface area contributed by atoms with E-state index in [1.165, 1.54) is 10.6 Å². The van der Waals surface area contributed by atoms with Gasteiger partial charge in [0.2, 0.25) is 0 Å². The molecule has 1 atom stereocenters. The summed E-state index contributed by atoms with van der Waals surface area (Å²) < 4.78 is 27.6. The van der Waals surface area contributed by atoms with Crippen LogP contribution >= 0.6 is 0 Å².